The summed E-state index contributed by atoms with van der Waals surface area (Å²) in [5.41, 5.74) is 5.02. The van der Waals surface area contributed by atoms with Gasteiger partial charge in [-0.2, -0.15) is 0 Å². The first-order chi connectivity index (χ1) is 14.0. The van der Waals surface area contributed by atoms with E-state index in [0.717, 1.165) is 28.8 Å². The number of aromatic hydroxyl groups is 1. The Morgan fingerprint density at radius 1 is 1.14 bits per heavy atom. The van der Waals surface area contributed by atoms with Gasteiger partial charge in [-0.3, -0.25) is 4.99 Å². The van der Waals surface area contributed by atoms with Gasteiger partial charge < -0.3 is 9.52 Å². The predicted octanol–water partition coefficient (Wildman–Crippen LogP) is 7.12. The highest BCUT2D eigenvalue weighted by Crippen LogP contribution is 2.30. The van der Waals surface area contributed by atoms with Crippen molar-refractivity contribution in [1.29, 1.82) is 0 Å². The first-order valence-corrected chi connectivity index (χ1v) is 9.95. The number of oxazole rings is 1. The molecule has 0 saturated carbocycles. The first kappa shape index (κ1) is 19.2. The first-order valence-electron chi connectivity index (χ1n) is 9.57. The third kappa shape index (κ3) is 4.17. The van der Waals surface area contributed by atoms with E-state index in [1.54, 1.807) is 24.4 Å². The molecule has 1 N–H and O–H groups in total. The van der Waals surface area contributed by atoms with Gasteiger partial charge in [0.05, 0.1) is 5.69 Å². The summed E-state index contributed by atoms with van der Waals surface area (Å²) in [6.07, 6.45) is 2.67. The number of rotatable bonds is 5. The molecule has 0 spiro atoms. The minimum atomic E-state index is 0.130. The summed E-state index contributed by atoms with van der Waals surface area (Å²) in [5, 5.41) is 10.5. The summed E-state index contributed by atoms with van der Waals surface area (Å²) in [4.78, 5) is 9.12. The number of benzene rings is 3. The molecule has 1 aromatic heterocycles. The van der Waals surface area contributed by atoms with Crippen molar-refractivity contribution < 1.29 is 9.52 Å². The van der Waals surface area contributed by atoms with Crippen LogP contribution in [0.3, 0.4) is 0 Å². The van der Waals surface area contributed by atoms with Crippen molar-refractivity contribution in [3.05, 3.63) is 76.8 Å². The lowest BCUT2D eigenvalue weighted by molar-refractivity contribution is 0.474. The minimum absolute atomic E-state index is 0.130. The average Bonchev–Trinajstić information content (AvgIpc) is 3.17. The van der Waals surface area contributed by atoms with Crippen LogP contribution in [-0.2, 0) is 0 Å². The highest BCUT2D eigenvalue weighted by Gasteiger charge is 2.11. The van der Waals surface area contributed by atoms with Gasteiger partial charge in [0.2, 0.25) is 5.89 Å². The van der Waals surface area contributed by atoms with Crippen molar-refractivity contribution in [3.8, 4) is 17.2 Å². The Hall–Kier alpha value is -3.11. The van der Waals surface area contributed by atoms with Gasteiger partial charge in [-0.25, -0.2) is 4.98 Å². The molecule has 0 amide bonds. The molecule has 0 radical (unpaired) electrons. The molecule has 0 aliphatic heterocycles. The van der Waals surface area contributed by atoms with Gasteiger partial charge in [0.25, 0.3) is 0 Å². The Balaban J connectivity index is 1.64. The van der Waals surface area contributed by atoms with Gasteiger partial charge in [-0.1, -0.05) is 37.6 Å². The number of hydrogen-bond acceptors (Lipinski definition) is 4. The lowest BCUT2D eigenvalue weighted by Gasteiger charge is -2.07. The van der Waals surface area contributed by atoms with Crippen molar-refractivity contribution in [2.24, 2.45) is 4.99 Å². The van der Waals surface area contributed by atoms with Crippen LogP contribution in [0.25, 0.3) is 22.6 Å². The maximum atomic E-state index is 9.93. The number of halogens is 1. The van der Waals surface area contributed by atoms with Gasteiger partial charge in [-0.15, -0.1) is 0 Å². The van der Waals surface area contributed by atoms with E-state index in [2.05, 4.69) is 36.0 Å². The van der Waals surface area contributed by atoms with E-state index in [1.807, 2.05) is 30.3 Å². The number of aromatic nitrogens is 1. The zero-order chi connectivity index (χ0) is 20.4. The predicted molar refractivity (Wildman–Crippen MR) is 119 cm³/mol. The Morgan fingerprint density at radius 2 is 2.00 bits per heavy atom. The van der Waals surface area contributed by atoms with Gasteiger partial charge in [0.1, 0.15) is 11.3 Å². The van der Waals surface area contributed by atoms with E-state index in [9.17, 15) is 5.11 Å². The number of hydrogen-bond donors (Lipinski definition) is 1. The lowest BCUT2D eigenvalue weighted by atomic mass is 9.98. The van der Waals surface area contributed by atoms with Crippen LogP contribution in [0.5, 0.6) is 5.75 Å². The third-order valence-corrected chi connectivity index (χ3v) is 5.26. The Bertz CT molecular complexity index is 1200. The molecule has 3 aromatic carbocycles. The summed E-state index contributed by atoms with van der Waals surface area (Å²) in [6.45, 7) is 4.39. The largest absolute Gasteiger partial charge is 0.507 e. The molecular formula is C24H21ClN2O2. The zero-order valence-electron chi connectivity index (χ0n) is 16.3. The van der Waals surface area contributed by atoms with Crippen molar-refractivity contribution in [2.45, 2.75) is 26.2 Å². The lowest BCUT2D eigenvalue weighted by Crippen LogP contribution is -1.90. The van der Waals surface area contributed by atoms with Crippen LogP contribution in [-0.4, -0.2) is 16.3 Å². The molecule has 0 fully saturated rings. The highest BCUT2D eigenvalue weighted by atomic mass is 35.5. The van der Waals surface area contributed by atoms with Crippen molar-refractivity contribution >= 4 is 34.6 Å². The van der Waals surface area contributed by atoms with E-state index in [1.165, 1.54) is 5.56 Å². The molecule has 0 aliphatic rings. The second-order valence-corrected chi connectivity index (χ2v) is 7.50. The van der Waals surface area contributed by atoms with E-state index in [0.29, 0.717) is 22.4 Å². The Morgan fingerprint density at radius 3 is 2.83 bits per heavy atom. The highest BCUT2D eigenvalue weighted by molar-refractivity contribution is 6.30. The van der Waals surface area contributed by atoms with E-state index >= 15 is 0 Å². The number of phenolic OH excluding ortho intramolecular Hbond substituents is 1. The second kappa shape index (κ2) is 8.10. The van der Waals surface area contributed by atoms with Gasteiger partial charge >= 0.3 is 0 Å². The van der Waals surface area contributed by atoms with Crippen LogP contribution in [0.2, 0.25) is 5.02 Å². The fraction of sp³-hybridized carbons (Fsp3) is 0.167. The summed E-state index contributed by atoms with van der Waals surface area (Å²) in [5.74, 6) is 1.18. The minimum Gasteiger partial charge on any atom is -0.507 e. The molecule has 5 heteroatoms. The maximum absolute atomic E-state index is 9.93. The summed E-state index contributed by atoms with van der Waals surface area (Å²) in [6, 6.07) is 18.7. The molecule has 29 heavy (non-hydrogen) atoms. The van der Waals surface area contributed by atoms with E-state index in [4.69, 9.17) is 16.0 Å². The summed E-state index contributed by atoms with van der Waals surface area (Å²) < 4.78 is 5.95. The number of nitrogens with zero attached hydrogens (tertiary/aromatic N) is 2. The molecule has 4 rings (SSSR count). The molecule has 4 nitrogen and oxygen atoms in total. The van der Waals surface area contributed by atoms with Crippen LogP contribution in [0.15, 0.2) is 70.1 Å². The number of phenols is 1. The molecule has 1 heterocycles. The van der Waals surface area contributed by atoms with E-state index in [-0.39, 0.29) is 5.75 Å². The molecule has 0 aliphatic carbocycles. The Labute approximate surface area is 174 Å². The number of aliphatic imine (C=N–C) groups is 1. The molecule has 0 unspecified atom stereocenters. The van der Waals surface area contributed by atoms with Crippen molar-refractivity contribution in [2.75, 3.05) is 0 Å². The quantitative estimate of drug-likeness (QED) is 0.360. The fourth-order valence-electron chi connectivity index (χ4n) is 3.10. The monoisotopic (exact) mass is 404 g/mol. The fourth-order valence-corrected chi connectivity index (χ4v) is 3.28. The van der Waals surface area contributed by atoms with Crippen molar-refractivity contribution in [3.63, 3.8) is 0 Å². The van der Waals surface area contributed by atoms with E-state index < -0.39 is 0 Å². The normalized spacial score (nSPS) is 12.7. The smallest absolute Gasteiger partial charge is 0.227 e. The molecule has 4 aromatic rings. The summed E-state index contributed by atoms with van der Waals surface area (Å²) in [7, 11) is 0. The zero-order valence-corrected chi connectivity index (χ0v) is 17.0. The topological polar surface area (TPSA) is 58.6 Å². The molecule has 1 atom stereocenters. The standard InChI is InChI=1S/C24H21ClN2O2/c1-3-15(2)16-7-10-23-21(13-16)27-24(29-23)17-5-4-6-20(12-17)26-14-18-11-19(25)8-9-22(18)28/h4-15,28H,3H2,1-2H3/t15-/m0/s1. The van der Waals surface area contributed by atoms with Gasteiger partial charge in [0, 0.05) is 22.4 Å². The second-order valence-electron chi connectivity index (χ2n) is 7.07. The number of fused-ring (bicyclic) bond motifs is 1. The van der Waals surface area contributed by atoms with Crippen LogP contribution >= 0.6 is 11.6 Å². The summed E-state index contributed by atoms with van der Waals surface area (Å²) >= 11 is 5.99. The van der Waals surface area contributed by atoms with Crippen LogP contribution in [0.4, 0.5) is 5.69 Å². The molecular weight excluding hydrogens is 384 g/mol. The van der Waals surface area contributed by atoms with Crippen LogP contribution < -0.4 is 0 Å². The maximum Gasteiger partial charge on any atom is 0.227 e. The third-order valence-electron chi connectivity index (χ3n) is 5.03. The van der Waals surface area contributed by atoms with Gasteiger partial charge in [0.15, 0.2) is 5.58 Å². The molecule has 146 valence electrons. The molecule has 0 bridgehead atoms. The Kier molecular flexibility index (Phi) is 5.36. The molecule has 0 saturated heterocycles. The average molecular weight is 405 g/mol. The van der Waals surface area contributed by atoms with Gasteiger partial charge in [-0.05, 0) is 66.4 Å². The van der Waals surface area contributed by atoms with Crippen LogP contribution in [0.1, 0.15) is 37.3 Å². The van der Waals surface area contributed by atoms with Crippen LogP contribution in [0, 0.1) is 0 Å². The SMILES string of the molecule is CC[C@H](C)c1ccc2oc(-c3cccc(N=Cc4cc(Cl)ccc4O)c3)nc2c1. The van der Waals surface area contributed by atoms with Crippen molar-refractivity contribution in [1.82, 2.24) is 4.98 Å².